The number of nitrogens with two attached hydrogens (primary N) is 1. The monoisotopic (exact) mass is 273 g/mol. The van der Waals surface area contributed by atoms with Crippen molar-refractivity contribution in [2.45, 2.75) is 0 Å². The van der Waals surface area contributed by atoms with Gasteiger partial charge in [-0.15, -0.1) is 0 Å². The molecule has 0 radical (unpaired) electrons. The van der Waals surface area contributed by atoms with Crippen LogP contribution in [0, 0.1) is 0 Å². The molecule has 0 bridgehead atoms. The highest BCUT2D eigenvalue weighted by Crippen LogP contribution is 2.24. The van der Waals surface area contributed by atoms with E-state index in [0.717, 1.165) is 5.75 Å². The molecule has 0 heterocycles. The van der Waals surface area contributed by atoms with E-state index in [-0.39, 0.29) is 23.6 Å². The van der Waals surface area contributed by atoms with Crippen LogP contribution in [0.4, 0.5) is 5.69 Å². The van der Waals surface area contributed by atoms with E-state index in [1.54, 1.807) is 12.1 Å². The molecule has 0 amide bonds. The number of rotatable bonds is 6. The smallest absolute Gasteiger partial charge is 0.341 e. The fraction of sp³-hybridized carbons (Fsp3) is 0.133. The topological polar surface area (TPSA) is 81.8 Å². The number of hydrogen-bond acceptors (Lipinski definition) is 4. The second-order valence-electron chi connectivity index (χ2n) is 4.04. The Morgan fingerprint density at radius 1 is 1.00 bits per heavy atom. The number of aromatic carboxylic acids is 1. The van der Waals surface area contributed by atoms with Gasteiger partial charge in [0.25, 0.3) is 0 Å². The van der Waals surface area contributed by atoms with Gasteiger partial charge >= 0.3 is 5.97 Å². The second kappa shape index (κ2) is 6.47. The van der Waals surface area contributed by atoms with Gasteiger partial charge in [-0.3, -0.25) is 0 Å². The van der Waals surface area contributed by atoms with Gasteiger partial charge in [-0.2, -0.15) is 0 Å². The van der Waals surface area contributed by atoms with Crippen molar-refractivity contribution >= 4 is 11.7 Å². The first-order valence-electron chi connectivity index (χ1n) is 6.11. The molecule has 0 saturated carbocycles. The number of carboxylic acids is 1. The molecule has 3 N–H and O–H groups in total. The number of para-hydroxylation sites is 1. The van der Waals surface area contributed by atoms with Crippen molar-refractivity contribution in [3.63, 3.8) is 0 Å². The lowest BCUT2D eigenvalue weighted by Gasteiger charge is -2.11. The number of anilines is 1. The van der Waals surface area contributed by atoms with Crippen molar-refractivity contribution < 1.29 is 19.4 Å². The standard InChI is InChI=1S/C15H15NO4/c16-12-7-4-8-13(14(12)15(17)18)20-10-9-19-11-5-2-1-3-6-11/h1-8H,9-10,16H2,(H,17,18). The van der Waals surface area contributed by atoms with Crippen LogP contribution in [0.15, 0.2) is 48.5 Å². The molecular weight excluding hydrogens is 258 g/mol. The number of hydrogen-bond donors (Lipinski definition) is 2. The number of carbonyl (C=O) groups is 1. The lowest BCUT2D eigenvalue weighted by Crippen LogP contribution is -2.12. The summed E-state index contributed by atoms with van der Waals surface area (Å²) in [5.74, 6) is -0.127. The molecule has 20 heavy (non-hydrogen) atoms. The molecule has 0 fully saturated rings. The molecule has 104 valence electrons. The van der Waals surface area contributed by atoms with Crippen molar-refractivity contribution in [2.24, 2.45) is 0 Å². The van der Waals surface area contributed by atoms with Gasteiger partial charge in [0.2, 0.25) is 0 Å². The molecule has 0 aliphatic heterocycles. The highest BCUT2D eigenvalue weighted by atomic mass is 16.5. The first-order chi connectivity index (χ1) is 9.68. The first-order valence-corrected chi connectivity index (χ1v) is 6.11. The molecular formula is C15H15NO4. The summed E-state index contributed by atoms with van der Waals surface area (Å²) in [5.41, 5.74) is 5.78. The second-order valence-corrected chi connectivity index (χ2v) is 4.04. The van der Waals surface area contributed by atoms with Gasteiger partial charge in [0.05, 0.1) is 0 Å². The summed E-state index contributed by atoms with van der Waals surface area (Å²) in [5, 5.41) is 9.09. The van der Waals surface area contributed by atoms with Crippen LogP contribution in [-0.2, 0) is 0 Å². The molecule has 5 heteroatoms. The molecule has 0 unspecified atom stereocenters. The van der Waals surface area contributed by atoms with Crippen LogP contribution in [-0.4, -0.2) is 24.3 Å². The van der Waals surface area contributed by atoms with Gasteiger partial charge < -0.3 is 20.3 Å². The van der Waals surface area contributed by atoms with Crippen molar-refractivity contribution in [3.8, 4) is 11.5 Å². The third kappa shape index (κ3) is 3.41. The lowest BCUT2D eigenvalue weighted by molar-refractivity contribution is 0.0692. The van der Waals surface area contributed by atoms with E-state index < -0.39 is 5.97 Å². The zero-order valence-electron chi connectivity index (χ0n) is 10.8. The summed E-state index contributed by atoms with van der Waals surface area (Å²) < 4.78 is 10.9. The Morgan fingerprint density at radius 3 is 2.40 bits per heavy atom. The summed E-state index contributed by atoms with van der Waals surface area (Å²) in [6.07, 6.45) is 0. The SMILES string of the molecule is Nc1cccc(OCCOc2ccccc2)c1C(=O)O. The summed E-state index contributed by atoms with van der Waals surface area (Å²) >= 11 is 0. The molecule has 2 aromatic rings. The predicted molar refractivity (Wildman–Crippen MR) is 75.2 cm³/mol. The Hall–Kier alpha value is -2.69. The van der Waals surface area contributed by atoms with Crippen LogP contribution in [0.1, 0.15) is 10.4 Å². The van der Waals surface area contributed by atoms with Crippen molar-refractivity contribution in [3.05, 3.63) is 54.1 Å². The molecule has 0 atom stereocenters. The minimum atomic E-state index is -1.11. The van der Waals surface area contributed by atoms with E-state index in [4.69, 9.17) is 20.3 Å². The summed E-state index contributed by atoms with van der Waals surface area (Å²) in [4.78, 5) is 11.1. The fourth-order valence-corrected chi connectivity index (χ4v) is 1.73. The number of benzene rings is 2. The average Bonchev–Trinajstić information content (AvgIpc) is 2.44. The molecule has 0 spiro atoms. The van der Waals surface area contributed by atoms with Gasteiger partial charge in [-0.05, 0) is 24.3 Å². The van der Waals surface area contributed by atoms with Gasteiger partial charge in [-0.1, -0.05) is 24.3 Å². The molecule has 0 saturated heterocycles. The van der Waals surface area contributed by atoms with Crippen molar-refractivity contribution in [1.29, 1.82) is 0 Å². The van der Waals surface area contributed by atoms with E-state index in [1.807, 2.05) is 30.3 Å². The first kappa shape index (κ1) is 13.7. The minimum Gasteiger partial charge on any atom is -0.490 e. The number of carboxylic acid groups (broad SMARTS) is 1. The maximum absolute atomic E-state index is 11.1. The summed E-state index contributed by atoms with van der Waals surface area (Å²) in [7, 11) is 0. The van der Waals surface area contributed by atoms with E-state index in [0.29, 0.717) is 6.61 Å². The molecule has 0 aliphatic carbocycles. The van der Waals surface area contributed by atoms with E-state index >= 15 is 0 Å². The quantitative estimate of drug-likeness (QED) is 0.624. The third-order valence-electron chi connectivity index (χ3n) is 2.63. The Morgan fingerprint density at radius 2 is 1.70 bits per heavy atom. The van der Waals surface area contributed by atoms with E-state index in [1.165, 1.54) is 6.07 Å². The summed E-state index contributed by atoms with van der Waals surface area (Å²) in [6, 6.07) is 14.1. The Kier molecular flexibility index (Phi) is 4.44. The van der Waals surface area contributed by atoms with Crippen LogP contribution in [0.5, 0.6) is 11.5 Å². The molecule has 0 aromatic heterocycles. The van der Waals surface area contributed by atoms with Gasteiger partial charge in [-0.25, -0.2) is 4.79 Å². The van der Waals surface area contributed by atoms with Gasteiger partial charge in [0.1, 0.15) is 30.3 Å². The van der Waals surface area contributed by atoms with Crippen LogP contribution in [0.25, 0.3) is 0 Å². The van der Waals surface area contributed by atoms with E-state index in [2.05, 4.69) is 0 Å². The fourth-order valence-electron chi connectivity index (χ4n) is 1.73. The summed E-state index contributed by atoms with van der Waals surface area (Å²) in [6.45, 7) is 0.552. The average molecular weight is 273 g/mol. The van der Waals surface area contributed by atoms with Crippen LogP contribution < -0.4 is 15.2 Å². The highest BCUT2D eigenvalue weighted by Gasteiger charge is 2.14. The Bertz CT molecular complexity index is 584. The van der Waals surface area contributed by atoms with E-state index in [9.17, 15) is 4.79 Å². The highest BCUT2D eigenvalue weighted by molar-refractivity contribution is 5.96. The van der Waals surface area contributed by atoms with Crippen molar-refractivity contribution in [1.82, 2.24) is 0 Å². The maximum Gasteiger partial charge on any atom is 0.341 e. The minimum absolute atomic E-state index is 0.0211. The Labute approximate surface area is 116 Å². The van der Waals surface area contributed by atoms with Crippen LogP contribution in [0.3, 0.4) is 0 Å². The number of nitrogen functional groups attached to an aromatic ring is 1. The zero-order chi connectivity index (χ0) is 14.4. The molecule has 0 aliphatic rings. The molecule has 2 aromatic carbocycles. The molecule has 5 nitrogen and oxygen atoms in total. The predicted octanol–water partition coefficient (Wildman–Crippen LogP) is 2.42. The number of ether oxygens (including phenoxy) is 2. The van der Waals surface area contributed by atoms with Crippen LogP contribution in [0.2, 0.25) is 0 Å². The van der Waals surface area contributed by atoms with Crippen LogP contribution >= 0.6 is 0 Å². The van der Waals surface area contributed by atoms with Crippen molar-refractivity contribution in [2.75, 3.05) is 18.9 Å². The third-order valence-corrected chi connectivity index (χ3v) is 2.63. The zero-order valence-corrected chi connectivity index (χ0v) is 10.8. The maximum atomic E-state index is 11.1. The molecule has 2 rings (SSSR count). The van der Waals surface area contributed by atoms with Gasteiger partial charge in [0.15, 0.2) is 0 Å². The Balaban J connectivity index is 1.92. The van der Waals surface area contributed by atoms with Gasteiger partial charge in [0, 0.05) is 5.69 Å². The largest absolute Gasteiger partial charge is 0.490 e. The lowest BCUT2D eigenvalue weighted by atomic mass is 10.1. The normalized spacial score (nSPS) is 10.0.